The van der Waals surface area contributed by atoms with Crippen LogP contribution in [0.5, 0.6) is 0 Å². The number of nitrogens with zero attached hydrogens (tertiary/aromatic N) is 1. The molecule has 0 saturated heterocycles. The van der Waals surface area contributed by atoms with Gasteiger partial charge in [0, 0.05) is 24.5 Å². The van der Waals surface area contributed by atoms with Crippen LogP contribution in [0.3, 0.4) is 0 Å². The van der Waals surface area contributed by atoms with Gasteiger partial charge in [-0.25, -0.2) is 0 Å². The highest BCUT2D eigenvalue weighted by molar-refractivity contribution is 5.95. The van der Waals surface area contributed by atoms with E-state index >= 15 is 0 Å². The van der Waals surface area contributed by atoms with Crippen molar-refractivity contribution in [1.29, 1.82) is 0 Å². The Bertz CT molecular complexity index is 533. The maximum absolute atomic E-state index is 12.4. The Kier molecular flexibility index (Phi) is 2.94. The van der Waals surface area contributed by atoms with Crippen LogP contribution >= 0.6 is 0 Å². The summed E-state index contributed by atoms with van der Waals surface area (Å²) in [5.74, 6) is 0.331. The van der Waals surface area contributed by atoms with Crippen molar-refractivity contribution in [3.05, 3.63) is 17.5 Å². The third-order valence-corrected chi connectivity index (χ3v) is 5.39. The first-order valence-electron chi connectivity index (χ1n) is 7.19. The number of amides is 1. The number of rotatable bonds is 4. The Morgan fingerprint density at radius 1 is 1.45 bits per heavy atom. The van der Waals surface area contributed by atoms with Gasteiger partial charge in [-0.3, -0.25) is 4.79 Å². The molecule has 0 aliphatic heterocycles. The van der Waals surface area contributed by atoms with E-state index < -0.39 is 0 Å². The molecule has 0 unspecified atom stereocenters. The summed E-state index contributed by atoms with van der Waals surface area (Å²) in [6.45, 7) is 6.34. The molecule has 1 heterocycles. The normalized spacial score (nSPS) is 31.7. The SMILES string of the molecule is CO[C@@]1(C)C[C@@H](NC(=O)c2conc2C2CC2)C1(C)C. The van der Waals surface area contributed by atoms with Gasteiger partial charge < -0.3 is 14.6 Å². The van der Waals surface area contributed by atoms with Gasteiger partial charge in [0.25, 0.3) is 5.91 Å². The molecule has 1 N–H and O–H groups in total. The van der Waals surface area contributed by atoms with Gasteiger partial charge in [-0.1, -0.05) is 19.0 Å². The monoisotopic (exact) mass is 278 g/mol. The maximum atomic E-state index is 12.4. The predicted molar refractivity (Wildman–Crippen MR) is 73.5 cm³/mol. The highest BCUT2D eigenvalue weighted by Gasteiger charge is 2.58. The van der Waals surface area contributed by atoms with Crippen molar-refractivity contribution in [1.82, 2.24) is 10.5 Å². The first-order valence-corrected chi connectivity index (χ1v) is 7.19. The van der Waals surface area contributed by atoms with Crippen LogP contribution in [0, 0.1) is 5.41 Å². The summed E-state index contributed by atoms with van der Waals surface area (Å²) < 4.78 is 10.6. The van der Waals surface area contributed by atoms with E-state index in [1.54, 1.807) is 7.11 Å². The Morgan fingerprint density at radius 3 is 2.70 bits per heavy atom. The molecule has 2 aliphatic carbocycles. The molecule has 2 saturated carbocycles. The van der Waals surface area contributed by atoms with Gasteiger partial charge >= 0.3 is 0 Å². The van der Waals surface area contributed by atoms with Gasteiger partial charge in [-0.05, 0) is 26.2 Å². The van der Waals surface area contributed by atoms with Crippen molar-refractivity contribution in [2.75, 3.05) is 7.11 Å². The number of aromatic nitrogens is 1. The van der Waals surface area contributed by atoms with Gasteiger partial charge in [0.15, 0.2) is 0 Å². The molecule has 110 valence electrons. The zero-order chi connectivity index (χ0) is 14.5. The van der Waals surface area contributed by atoms with Crippen molar-refractivity contribution in [2.45, 2.75) is 57.6 Å². The molecule has 2 aliphatic rings. The number of carbonyl (C=O) groups excluding carboxylic acids is 1. The molecule has 5 nitrogen and oxygen atoms in total. The lowest BCUT2D eigenvalue weighted by molar-refractivity contribution is -0.177. The van der Waals surface area contributed by atoms with Crippen molar-refractivity contribution in [3.8, 4) is 0 Å². The summed E-state index contributed by atoms with van der Waals surface area (Å²) in [4.78, 5) is 12.4. The lowest BCUT2D eigenvalue weighted by atomic mass is 9.56. The number of carbonyl (C=O) groups is 1. The van der Waals surface area contributed by atoms with Crippen molar-refractivity contribution in [3.63, 3.8) is 0 Å². The smallest absolute Gasteiger partial charge is 0.256 e. The summed E-state index contributed by atoms with van der Waals surface area (Å²) in [5.41, 5.74) is 1.14. The predicted octanol–water partition coefficient (Wildman–Crippen LogP) is 2.49. The van der Waals surface area contributed by atoms with Gasteiger partial charge in [0.1, 0.15) is 11.8 Å². The first kappa shape index (κ1) is 13.6. The molecule has 1 aromatic rings. The summed E-state index contributed by atoms with van der Waals surface area (Å²) >= 11 is 0. The minimum absolute atomic E-state index is 0.0793. The Morgan fingerprint density at radius 2 is 2.15 bits per heavy atom. The second kappa shape index (κ2) is 4.32. The fraction of sp³-hybridized carbons (Fsp3) is 0.733. The van der Waals surface area contributed by atoms with Crippen molar-refractivity contribution in [2.24, 2.45) is 5.41 Å². The van der Waals surface area contributed by atoms with Gasteiger partial charge in [-0.15, -0.1) is 0 Å². The summed E-state index contributed by atoms with van der Waals surface area (Å²) in [6, 6.07) is 0.113. The van der Waals surface area contributed by atoms with Crippen LogP contribution in [0.4, 0.5) is 0 Å². The molecule has 2 fully saturated rings. The van der Waals surface area contributed by atoms with Crippen molar-refractivity contribution >= 4 is 5.91 Å². The first-order chi connectivity index (χ1) is 9.39. The molecule has 1 aromatic heterocycles. The lowest BCUT2D eigenvalue weighted by Gasteiger charge is -2.59. The third kappa shape index (κ3) is 1.87. The summed E-state index contributed by atoms with van der Waals surface area (Å²) in [7, 11) is 1.73. The molecule has 2 atom stereocenters. The molecule has 3 rings (SSSR count). The van der Waals surface area contributed by atoms with Crippen LogP contribution in [-0.2, 0) is 4.74 Å². The Labute approximate surface area is 119 Å². The minimum atomic E-state index is -0.182. The van der Waals surface area contributed by atoms with Crippen LogP contribution < -0.4 is 5.32 Å². The average Bonchev–Trinajstić information content (AvgIpc) is 3.14. The highest BCUT2D eigenvalue weighted by atomic mass is 16.5. The molecular formula is C15H22N2O3. The molecular weight excluding hydrogens is 256 g/mol. The van der Waals surface area contributed by atoms with Crippen molar-refractivity contribution < 1.29 is 14.1 Å². The quantitative estimate of drug-likeness (QED) is 0.919. The number of nitrogens with one attached hydrogen (secondary N) is 1. The van der Waals surface area contributed by atoms with E-state index in [-0.39, 0.29) is 23.0 Å². The van der Waals surface area contributed by atoms with Crippen LogP contribution in [-0.4, -0.2) is 29.8 Å². The molecule has 20 heavy (non-hydrogen) atoms. The number of ether oxygens (including phenoxy) is 1. The highest BCUT2D eigenvalue weighted by Crippen LogP contribution is 2.51. The summed E-state index contributed by atoms with van der Waals surface area (Å²) in [6.07, 6.45) is 4.49. The standard InChI is InChI=1S/C15H22N2O3/c1-14(2)11(7-15(14,3)19-4)16-13(18)10-8-20-17-12(10)9-5-6-9/h8-9,11H,5-7H2,1-4H3,(H,16,18)/t11-,15+/m1/s1. The van der Waals surface area contributed by atoms with Gasteiger partial charge in [0.2, 0.25) is 0 Å². The van der Waals surface area contributed by atoms with E-state index in [4.69, 9.17) is 9.26 Å². The Hall–Kier alpha value is -1.36. The number of hydrogen-bond acceptors (Lipinski definition) is 4. The molecule has 0 radical (unpaired) electrons. The largest absolute Gasteiger partial charge is 0.378 e. The second-order valence-corrected chi connectivity index (χ2v) is 6.77. The molecule has 0 bridgehead atoms. The van der Waals surface area contributed by atoms with E-state index in [0.29, 0.717) is 11.5 Å². The van der Waals surface area contributed by atoms with Crippen LogP contribution in [0.15, 0.2) is 10.8 Å². The topological polar surface area (TPSA) is 64.4 Å². The third-order valence-electron chi connectivity index (χ3n) is 5.39. The number of hydrogen-bond donors (Lipinski definition) is 1. The van der Waals surface area contributed by atoms with Gasteiger partial charge in [-0.2, -0.15) is 0 Å². The minimum Gasteiger partial charge on any atom is -0.378 e. The fourth-order valence-electron chi connectivity index (χ4n) is 3.03. The van der Waals surface area contributed by atoms with Crippen LogP contribution in [0.25, 0.3) is 0 Å². The van der Waals surface area contributed by atoms with E-state index in [0.717, 1.165) is 25.0 Å². The second-order valence-electron chi connectivity index (χ2n) is 6.77. The lowest BCUT2D eigenvalue weighted by Crippen LogP contribution is -2.68. The fourth-order valence-corrected chi connectivity index (χ4v) is 3.03. The van der Waals surface area contributed by atoms with E-state index in [2.05, 4.69) is 31.2 Å². The van der Waals surface area contributed by atoms with E-state index in [1.807, 2.05) is 0 Å². The van der Waals surface area contributed by atoms with Gasteiger partial charge in [0.05, 0.1) is 11.3 Å². The zero-order valence-corrected chi connectivity index (χ0v) is 12.5. The van der Waals surface area contributed by atoms with Crippen LogP contribution in [0.1, 0.15) is 62.0 Å². The van der Waals surface area contributed by atoms with Crippen LogP contribution in [0.2, 0.25) is 0 Å². The zero-order valence-electron chi connectivity index (χ0n) is 12.5. The van der Waals surface area contributed by atoms with E-state index in [1.165, 1.54) is 6.26 Å². The molecule has 0 aromatic carbocycles. The summed E-state index contributed by atoms with van der Waals surface area (Å²) in [5, 5.41) is 7.07. The average molecular weight is 278 g/mol. The Balaban J connectivity index is 1.70. The molecule has 5 heteroatoms. The molecule has 1 amide bonds. The van der Waals surface area contributed by atoms with E-state index in [9.17, 15) is 4.79 Å². The molecule has 0 spiro atoms. The number of methoxy groups -OCH3 is 1. The maximum Gasteiger partial charge on any atom is 0.256 e.